The summed E-state index contributed by atoms with van der Waals surface area (Å²) in [6, 6.07) is 9.75. The molecule has 12 heteroatoms. The number of benzene rings is 1. The molecular formula is C26H30N10O2. The number of piperazine rings is 1. The van der Waals surface area contributed by atoms with Crippen LogP contribution in [-0.4, -0.2) is 96.8 Å². The number of carbonyl (C=O) groups is 2. The van der Waals surface area contributed by atoms with Gasteiger partial charge in [-0.25, -0.2) is 19.3 Å². The van der Waals surface area contributed by atoms with Crippen LogP contribution in [0.3, 0.4) is 0 Å². The standard InChI is InChI=1S/C26H30N10O2/c1-17(2)21-14-34(12-11-33-10-8-27-23(37)15-33)26(38)36(21)22-7-9-35-25(31-22)20(13-30-35)18-3-5-19(6-4-18)24-28-16-29-32-24/h3-7,9,13,16-17,21H,8,10-12,14-15H2,1-2H3,(H,27,37)(H,28,29,32)/t21-/m1/s1. The Morgan fingerprint density at radius 3 is 2.63 bits per heavy atom. The van der Waals surface area contributed by atoms with Gasteiger partial charge in [0.2, 0.25) is 5.91 Å². The van der Waals surface area contributed by atoms with Gasteiger partial charge in [0.15, 0.2) is 11.5 Å². The summed E-state index contributed by atoms with van der Waals surface area (Å²) in [5, 5.41) is 14.1. The van der Waals surface area contributed by atoms with Gasteiger partial charge in [-0.1, -0.05) is 38.1 Å². The number of urea groups is 1. The topological polar surface area (TPSA) is 128 Å². The number of aromatic amines is 1. The van der Waals surface area contributed by atoms with E-state index >= 15 is 0 Å². The second-order valence-corrected chi connectivity index (χ2v) is 10.1. The van der Waals surface area contributed by atoms with Crippen molar-refractivity contribution in [1.29, 1.82) is 0 Å². The molecule has 2 fully saturated rings. The maximum atomic E-state index is 13.6. The lowest BCUT2D eigenvalue weighted by Gasteiger charge is -2.28. The van der Waals surface area contributed by atoms with Crippen LogP contribution in [0.15, 0.2) is 49.1 Å². The zero-order valence-electron chi connectivity index (χ0n) is 21.4. The van der Waals surface area contributed by atoms with Gasteiger partial charge in [0.1, 0.15) is 12.1 Å². The Balaban J connectivity index is 1.26. The quantitative estimate of drug-likeness (QED) is 0.385. The Morgan fingerprint density at radius 2 is 1.89 bits per heavy atom. The first-order valence-electron chi connectivity index (χ1n) is 12.9. The van der Waals surface area contributed by atoms with Gasteiger partial charge in [0.25, 0.3) is 0 Å². The smallest absolute Gasteiger partial charge is 0.326 e. The lowest BCUT2D eigenvalue weighted by atomic mass is 10.0. The van der Waals surface area contributed by atoms with Crippen LogP contribution in [0.1, 0.15) is 13.8 Å². The highest BCUT2D eigenvalue weighted by Crippen LogP contribution is 2.31. The number of hydrogen-bond donors (Lipinski definition) is 2. The molecule has 2 aliphatic heterocycles. The second kappa shape index (κ2) is 9.86. The number of anilines is 1. The molecule has 5 heterocycles. The third-order valence-electron chi connectivity index (χ3n) is 7.27. The first-order valence-corrected chi connectivity index (χ1v) is 12.9. The van der Waals surface area contributed by atoms with E-state index in [1.165, 1.54) is 6.33 Å². The van der Waals surface area contributed by atoms with Crippen molar-refractivity contribution >= 4 is 23.4 Å². The number of aromatic nitrogens is 6. The maximum absolute atomic E-state index is 13.6. The van der Waals surface area contributed by atoms with Crippen molar-refractivity contribution in [2.45, 2.75) is 19.9 Å². The number of nitrogens with one attached hydrogen (secondary N) is 2. The summed E-state index contributed by atoms with van der Waals surface area (Å²) >= 11 is 0. The Morgan fingerprint density at radius 1 is 1.08 bits per heavy atom. The van der Waals surface area contributed by atoms with Crippen molar-refractivity contribution in [1.82, 2.24) is 44.9 Å². The van der Waals surface area contributed by atoms with Crippen LogP contribution in [0.25, 0.3) is 28.2 Å². The van der Waals surface area contributed by atoms with Crippen molar-refractivity contribution in [2.75, 3.05) is 44.2 Å². The first kappa shape index (κ1) is 24.0. The number of carbonyl (C=O) groups excluding carboxylic acids is 2. The molecule has 0 unspecified atom stereocenters. The zero-order chi connectivity index (χ0) is 26.2. The molecule has 0 bridgehead atoms. The zero-order valence-corrected chi connectivity index (χ0v) is 21.4. The van der Waals surface area contributed by atoms with Crippen molar-refractivity contribution in [3.63, 3.8) is 0 Å². The van der Waals surface area contributed by atoms with Crippen LogP contribution >= 0.6 is 0 Å². The molecule has 0 radical (unpaired) electrons. The van der Waals surface area contributed by atoms with Crippen LogP contribution < -0.4 is 10.2 Å². The summed E-state index contributed by atoms with van der Waals surface area (Å²) < 4.78 is 1.73. The van der Waals surface area contributed by atoms with Crippen LogP contribution in [0.5, 0.6) is 0 Å². The summed E-state index contributed by atoms with van der Waals surface area (Å²) in [5.41, 5.74) is 3.46. The van der Waals surface area contributed by atoms with E-state index in [1.54, 1.807) is 10.7 Å². The monoisotopic (exact) mass is 514 g/mol. The van der Waals surface area contributed by atoms with Crippen molar-refractivity contribution in [2.24, 2.45) is 5.92 Å². The molecule has 38 heavy (non-hydrogen) atoms. The number of nitrogens with zero attached hydrogens (tertiary/aromatic N) is 8. The minimum atomic E-state index is -0.0560. The number of fused-ring (bicyclic) bond motifs is 1. The number of rotatable bonds is 7. The fraction of sp³-hybridized carbons (Fsp3) is 0.385. The van der Waals surface area contributed by atoms with E-state index in [2.05, 4.69) is 44.3 Å². The predicted octanol–water partition coefficient (Wildman–Crippen LogP) is 1.88. The van der Waals surface area contributed by atoms with E-state index < -0.39 is 0 Å². The van der Waals surface area contributed by atoms with E-state index in [0.29, 0.717) is 50.0 Å². The highest BCUT2D eigenvalue weighted by Gasteiger charge is 2.40. The molecular weight excluding hydrogens is 484 g/mol. The molecule has 2 saturated heterocycles. The lowest BCUT2D eigenvalue weighted by molar-refractivity contribution is -0.124. The Kier molecular flexibility index (Phi) is 6.24. The first-order chi connectivity index (χ1) is 18.5. The third kappa shape index (κ3) is 4.47. The van der Waals surface area contributed by atoms with E-state index in [9.17, 15) is 9.59 Å². The molecule has 2 N–H and O–H groups in total. The maximum Gasteiger partial charge on any atom is 0.326 e. The third-order valence-corrected chi connectivity index (χ3v) is 7.27. The molecule has 1 aromatic carbocycles. The summed E-state index contributed by atoms with van der Waals surface area (Å²) in [4.78, 5) is 40.3. The van der Waals surface area contributed by atoms with Crippen LogP contribution in [-0.2, 0) is 4.79 Å². The predicted molar refractivity (Wildman–Crippen MR) is 141 cm³/mol. The largest absolute Gasteiger partial charge is 0.354 e. The van der Waals surface area contributed by atoms with Gasteiger partial charge in [-0.2, -0.15) is 10.2 Å². The summed E-state index contributed by atoms with van der Waals surface area (Å²) in [7, 11) is 0. The Hall–Kier alpha value is -4.32. The molecule has 4 aromatic rings. The minimum absolute atomic E-state index is 0.00494. The van der Waals surface area contributed by atoms with E-state index in [0.717, 1.165) is 23.2 Å². The number of amides is 3. The van der Waals surface area contributed by atoms with Gasteiger partial charge in [-0.05, 0) is 17.5 Å². The molecule has 1 atom stereocenters. The van der Waals surface area contributed by atoms with Crippen molar-refractivity contribution in [3.8, 4) is 22.5 Å². The molecule has 2 aliphatic rings. The van der Waals surface area contributed by atoms with Gasteiger partial charge in [-0.15, -0.1) is 0 Å². The van der Waals surface area contributed by atoms with Crippen LogP contribution in [0, 0.1) is 5.92 Å². The average Bonchev–Trinajstić information content (AvgIpc) is 3.67. The van der Waals surface area contributed by atoms with E-state index in [1.807, 2.05) is 46.3 Å². The van der Waals surface area contributed by atoms with Gasteiger partial charge >= 0.3 is 6.03 Å². The highest BCUT2D eigenvalue weighted by atomic mass is 16.2. The summed E-state index contributed by atoms with van der Waals surface area (Å²) in [5.74, 6) is 1.60. The lowest BCUT2D eigenvalue weighted by Crippen LogP contribution is -2.49. The summed E-state index contributed by atoms with van der Waals surface area (Å²) in [6.07, 6.45) is 5.13. The number of hydrogen-bond acceptors (Lipinski definition) is 7. The second-order valence-electron chi connectivity index (χ2n) is 10.1. The van der Waals surface area contributed by atoms with Crippen LogP contribution in [0.4, 0.5) is 10.6 Å². The number of H-pyrrole nitrogens is 1. The average molecular weight is 515 g/mol. The molecule has 12 nitrogen and oxygen atoms in total. The van der Waals surface area contributed by atoms with Crippen molar-refractivity contribution < 1.29 is 9.59 Å². The van der Waals surface area contributed by atoms with E-state index in [4.69, 9.17) is 4.98 Å². The van der Waals surface area contributed by atoms with Gasteiger partial charge in [-0.3, -0.25) is 19.7 Å². The molecule has 3 aromatic heterocycles. The molecule has 6 rings (SSSR count). The Labute approximate surface area is 219 Å². The van der Waals surface area contributed by atoms with Gasteiger partial charge in [0, 0.05) is 50.0 Å². The molecule has 196 valence electrons. The van der Waals surface area contributed by atoms with Gasteiger partial charge < -0.3 is 10.2 Å². The normalized spacial score (nSPS) is 18.7. The Bertz CT molecular complexity index is 1450. The highest BCUT2D eigenvalue weighted by molar-refractivity contribution is 5.94. The SMILES string of the molecule is CC(C)[C@H]1CN(CCN2CCNC(=O)C2)C(=O)N1c1ccn2ncc(-c3ccc(-c4ncn[nH]4)cc3)c2n1. The molecule has 0 saturated carbocycles. The minimum Gasteiger partial charge on any atom is -0.354 e. The molecule has 0 aliphatic carbocycles. The fourth-order valence-electron chi connectivity index (χ4n) is 5.14. The fourth-order valence-corrected chi connectivity index (χ4v) is 5.14. The summed E-state index contributed by atoms with van der Waals surface area (Å²) in [6.45, 7) is 7.94. The van der Waals surface area contributed by atoms with E-state index in [-0.39, 0.29) is 23.9 Å². The van der Waals surface area contributed by atoms with Crippen LogP contribution in [0.2, 0.25) is 0 Å². The molecule has 3 amide bonds. The van der Waals surface area contributed by atoms with Crippen molar-refractivity contribution in [3.05, 3.63) is 49.1 Å². The molecule has 0 spiro atoms. The van der Waals surface area contributed by atoms with Gasteiger partial charge in [0.05, 0.1) is 18.8 Å².